The molecule has 3 nitrogen and oxygen atoms in total. The van der Waals surface area contributed by atoms with Crippen LogP contribution in [-0.4, -0.2) is 61.7 Å². The van der Waals surface area contributed by atoms with E-state index in [1.807, 2.05) is 0 Å². The first-order chi connectivity index (χ1) is 8.65. The van der Waals surface area contributed by atoms with E-state index in [2.05, 4.69) is 36.1 Å². The maximum absolute atomic E-state index is 3.64. The molecule has 0 aromatic carbocycles. The summed E-state index contributed by atoms with van der Waals surface area (Å²) < 4.78 is 0. The van der Waals surface area contributed by atoms with Crippen LogP contribution in [0.3, 0.4) is 0 Å². The van der Waals surface area contributed by atoms with Gasteiger partial charge in [0.2, 0.25) is 0 Å². The minimum Gasteiger partial charge on any atom is -0.314 e. The maximum Gasteiger partial charge on any atom is 0.0192 e. The molecule has 1 atom stereocenters. The number of hydrogen-bond donors (Lipinski definition) is 1. The van der Waals surface area contributed by atoms with Gasteiger partial charge in [0, 0.05) is 37.8 Å². The fourth-order valence-electron chi connectivity index (χ4n) is 3.55. The van der Waals surface area contributed by atoms with Crippen LogP contribution in [0.15, 0.2) is 0 Å². The summed E-state index contributed by atoms with van der Waals surface area (Å²) in [7, 11) is 4.41. The van der Waals surface area contributed by atoms with Crippen LogP contribution in [0.1, 0.15) is 45.4 Å². The van der Waals surface area contributed by atoms with E-state index >= 15 is 0 Å². The predicted octanol–water partition coefficient (Wildman–Crippen LogP) is 1.93. The highest BCUT2D eigenvalue weighted by Crippen LogP contribution is 2.31. The third-order valence-corrected chi connectivity index (χ3v) is 5.29. The van der Waals surface area contributed by atoms with Crippen molar-refractivity contribution in [3.8, 4) is 0 Å². The zero-order chi connectivity index (χ0) is 13.0. The summed E-state index contributed by atoms with van der Waals surface area (Å²) in [5.41, 5.74) is 0.449. The molecule has 2 fully saturated rings. The van der Waals surface area contributed by atoms with Crippen LogP contribution in [0.4, 0.5) is 0 Å². The fraction of sp³-hybridized carbons (Fsp3) is 1.00. The lowest BCUT2D eigenvalue weighted by atomic mass is 9.79. The van der Waals surface area contributed by atoms with Gasteiger partial charge in [-0.2, -0.15) is 0 Å². The second-order valence-corrected chi connectivity index (χ2v) is 6.47. The molecule has 0 spiro atoms. The molecule has 2 rings (SSSR count). The van der Waals surface area contributed by atoms with E-state index in [0.717, 1.165) is 6.04 Å². The number of piperazine rings is 1. The zero-order valence-corrected chi connectivity index (χ0v) is 12.5. The molecule has 3 heteroatoms. The first-order valence-corrected chi connectivity index (χ1v) is 7.77. The van der Waals surface area contributed by atoms with Gasteiger partial charge >= 0.3 is 0 Å². The molecular formula is C15H31N3. The molecule has 18 heavy (non-hydrogen) atoms. The Morgan fingerprint density at radius 1 is 1.17 bits per heavy atom. The van der Waals surface area contributed by atoms with Crippen LogP contribution >= 0.6 is 0 Å². The molecule has 0 radical (unpaired) electrons. The van der Waals surface area contributed by atoms with Crippen molar-refractivity contribution < 1.29 is 0 Å². The maximum atomic E-state index is 3.64. The number of rotatable bonds is 4. The van der Waals surface area contributed by atoms with Gasteiger partial charge < -0.3 is 15.1 Å². The highest BCUT2D eigenvalue weighted by atomic mass is 15.3. The monoisotopic (exact) mass is 253 g/mol. The molecule has 1 N–H and O–H groups in total. The molecule has 106 valence electrons. The first kappa shape index (κ1) is 14.3. The van der Waals surface area contributed by atoms with Crippen molar-refractivity contribution in [3.05, 3.63) is 0 Å². The van der Waals surface area contributed by atoms with Gasteiger partial charge in [-0.1, -0.05) is 19.3 Å². The third kappa shape index (κ3) is 3.46. The van der Waals surface area contributed by atoms with E-state index in [-0.39, 0.29) is 0 Å². The predicted molar refractivity (Wildman–Crippen MR) is 78.0 cm³/mol. The minimum atomic E-state index is 0.449. The van der Waals surface area contributed by atoms with Crippen molar-refractivity contribution in [1.29, 1.82) is 0 Å². The number of likely N-dealkylation sites (N-methyl/N-ethyl adjacent to an activating group) is 1. The summed E-state index contributed by atoms with van der Waals surface area (Å²) in [5, 5.41) is 3.64. The SMILES string of the molecule is CNC1(CCN2CCN(C)C(C)C2)CCCCC1. The van der Waals surface area contributed by atoms with Crippen LogP contribution < -0.4 is 5.32 Å². The smallest absolute Gasteiger partial charge is 0.0192 e. The summed E-state index contributed by atoms with van der Waals surface area (Å²) in [6.45, 7) is 7.35. The second kappa shape index (κ2) is 6.36. The number of hydrogen-bond acceptors (Lipinski definition) is 3. The Morgan fingerprint density at radius 3 is 2.50 bits per heavy atom. The lowest BCUT2D eigenvalue weighted by Gasteiger charge is -2.42. The Labute approximate surface area is 113 Å². The quantitative estimate of drug-likeness (QED) is 0.826. The lowest BCUT2D eigenvalue weighted by Crippen LogP contribution is -2.52. The van der Waals surface area contributed by atoms with Crippen molar-refractivity contribution in [2.45, 2.75) is 57.0 Å². The standard InChI is InChI=1S/C15H31N3/c1-14-13-18(12-11-17(14)3)10-9-15(16-2)7-5-4-6-8-15/h14,16H,4-13H2,1-3H3. The number of nitrogens with one attached hydrogen (secondary N) is 1. The van der Waals surface area contributed by atoms with Gasteiger partial charge in [0.15, 0.2) is 0 Å². The van der Waals surface area contributed by atoms with E-state index < -0.39 is 0 Å². The van der Waals surface area contributed by atoms with Crippen molar-refractivity contribution in [1.82, 2.24) is 15.1 Å². The molecule has 0 bridgehead atoms. The van der Waals surface area contributed by atoms with Crippen molar-refractivity contribution in [3.63, 3.8) is 0 Å². The summed E-state index contributed by atoms with van der Waals surface area (Å²) in [4.78, 5) is 5.14. The van der Waals surface area contributed by atoms with Gasteiger partial charge in [0.05, 0.1) is 0 Å². The van der Waals surface area contributed by atoms with Gasteiger partial charge in [-0.15, -0.1) is 0 Å². The molecule has 1 saturated heterocycles. The summed E-state index contributed by atoms with van der Waals surface area (Å²) in [6.07, 6.45) is 8.37. The van der Waals surface area contributed by atoms with E-state index in [9.17, 15) is 0 Å². The highest BCUT2D eigenvalue weighted by molar-refractivity contribution is 4.91. The zero-order valence-electron chi connectivity index (χ0n) is 12.5. The van der Waals surface area contributed by atoms with Crippen molar-refractivity contribution in [2.24, 2.45) is 0 Å². The van der Waals surface area contributed by atoms with Gasteiger partial charge in [0.25, 0.3) is 0 Å². The second-order valence-electron chi connectivity index (χ2n) is 6.47. The molecule has 0 amide bonds. The van der Waals surface area contributed by atoms with Crippen LogP contribution in [0.5, 0.6) is 0 Å². The Bertz CT molecular complexity index is 248. The molecule has 1 aliphatic heterocycles. The van der Waals surface area contributed by atoms with E-state index in [4.69, 9.17) is 0 Å². The van der Waals surface area contributed by atoms with Gasteiger partial charge in [-0.3, -0.25) is 0 Å². The van der Waals surface area contributed by atoms with E-state index in [0.29, 0.717) is 5.54 Å². The van der Waals surface area contributed by atoms with Gasteiger partial charge in [-0.05, 0) is 40.3 Å². The molecule has 1 aliphatic carbocycles. The topological polar surface area (TPSA) is 18.5 Å². The Kier molecular flexibility index (Phi) is 5.05. The number of nitrogens with zero attached hydrogens (tertiary/aromatic N) is 2. The summed E-state index contributed by atoms with van der Waals surface area (Å²) in [5.74, 6) is 0. The van der Waals surface area contributed by atoms with Crippen LogP contribution in [0.25, 0.3) is 0 Å². The lowest BCUT2D eigenvalue weighted by molar-refractivity contribution is 0.0909. The summed E-state index contributed by atoms with van der Waals surface area (Å²) in [6, 6.07) is 0.718. The average Bonchev–Trinajstić information content (AvgIpc) is 2.41. The van der Waals surface area contributed by atoms with E-state index in [1.165, 1.54) is 64.7 Å². The normalized spacial score (nSPS) is 30.5. The fourth-order valence-corrected chi connectivity index (χ4v) is 3.55. The van der Waals surface area contributed by atoms with Crippen molar-refractivity contribution >= 4 is 0 Å². The van der Waals surface area contributed by atoms with Gasteiger partial charge in [-0.25, -0.2) is 0 Å². The van der Waals surface area contributed by atoms with E-state index in [1.54, 1.807) is 0 Å². The molecule has 0 aromatic heterocycles. The Morgan fingerprint density at radius 2 is 1.89 bits per heavy atom. The molecule has 0 aromatic rings. The third-order valence-electron chi connectivity index (χ3n) is 5.29. The van der Waals surface area contributed by atoms with Crippen molar-refractivity contribution in [2.75, 3.05) is 40.3 Å². The largest absolute Gasteiger partial charge is 0.314 e. The van der Waals surface area contributed by atoms with Gasteiger partial charge in [0.1, 0.15) is 0 Å². The highest BCUT2D eigenvalue weighted by Gasteiger charge is 2.31. The van der Waals surface area contributed by atoms with Crippen LogP contribution in [0.2, 0.25) is 0 Å². The Hall–Kier alpha value is -0.120. The molecule has 1 unspecified atom stereocenters. The minimum absolute atomic E-state index is 0.449. The molecule has 1 saturated carbocycles. The first-order valence-electron chi connectivity index (χ1n) is 7.77. The summed E-state index contributed by atoms with van der Waals surface area (Å²) >= 11 is 0. The molecule has 1 heterocycles. The average molecular weight is 253 g/mol. The van der Waals surface area contributed by atoms with Crippen LogP contribution in [0, 0.1) is 0 Å². The van der Waals surface area contributed by atoms with Crippen LogP contribution in [-0.2, 0) is 0 Å². The molecular weight excluding hydrogens is 222 g/mol. The molecule has 2 aliphatic rings. The Balaban J connectivity index is 1.79.